The Hall–Kier alpha value is -3.98. The minimum atomic E-state index is -0.805. The first-order valence-corrected chi connectivity index (χ1v) is 14.4. The molecule has 2 heterocycles. The molecular formula is C32H38N4O5. The van der Waals surface area contributed by atoms with E-state index in [1.54, 1.807) is 25.1 Å². The Bertz CT molecular complexity index is 1440. The van der Waals surface area contributed by atoms with Crippen LogP contribution in [0.2, 0.25) is 0 Å². The molecule has 3 aliphatic rings. The molecule has 2 unspecified atom stereocenters. The van der Waals surface area contributed by atoms with Crippen LogP contribution in [0.3, 0.4) is 0 Å². The number of phenolic OH excluding ortho intramolecular Hbond substituents is 1. The quantitative estimate of drug-likeness (QED) is 0.245. The van der Waals surface area contributed by atoms with Gasteiger partial charge in [0, 0.05) is 12.1 Å². The van der Waals surface area contributed by atoms with Gasteiger partial charge in [0.1, 0.15) is 5.75 Å². The molecule has 41 heavy (non-hydrogen) atoms. The predicted octanol–water partition coefficient (Wildman–Crippen LogP) is 5.12. The summed E-state index contributed by atoms with van der Waals surface area (Å²) in [5, 5.41) is 25.1. The van der Waals surface area contributed by atoms with Gasteiger partial charge < -0.3 is 10.2 Å². The molecule has 2 aromatic rings. The number of likely N-dealkylation sites (tertiary alicyclic amines) is 1. The van der Waals surface area contributed by atoms with Crippen molar-refractivity contribution >= 4 is 34.9 Å². The molecule has 9 nitrogen and oxygen atoms in total. The fourth-order valence-corrected chi connectivity index (χ4v) is 6.17. The van der Waals surface area contributed by atoms with Crippen LogP contribution < -0.4 is 10.3 Å². The highest BCUT2D eigenvalue weighted by Crippen LogP contribution is 2.42. The van der Waals surface area contributed by atoms with E-state index in [1.807, 2.05) is 32.0 Å². The third kappa shape index (κ3) is 5.77. The van der Waals surface area contributed by atoms with Gasteiger partial charge in [-0.2, -0.15) is 5.10 Å². The normalized spacial score (nSPS) is 23.0. The summed E-state index contributed by atoms with van der Waals surface area (Å²) in [4.78, 5) is 42.6. The van der Waals surface area contributed by atoms with Crippen LogP contribution in [0.25, 0.3) is 0 Å². The van der Waals surface area contributed by atoms with E-state index in [0.717, 1.165) is 49.9 Å². The summed E-state index contributed by atoms with van der Waals surface area (Å²) in [5.74, 6) is -2.18. The number of nitrogens with zero attached hydrogens (tertiary/aromatic N) is 3. The van der Waals surface area contributed by atoms with Crippen LogP contribution in [0, 0.1) is 19.8 Å². The lowest BCUT2D eigenvalue weighted by molar-refractivity contribution is -0.143. The number of carboxylic acids is 1. The molecule has 9 heteroatoms. The summed E-state index contributed by atoms with van der Waals surface area (Å²) in [6.07, 6.45) is 4.83. The highest BCUT2D eigenvalue weighted by Gasteiger charge is 2.39. The maximum Gasteiger partial charge on any atom is 0.306 e. The molecule has 2 amide bonds. The number of carbonyl (C=O) groups excluding carboxylic acids is 2. The monoisotopic (exact) mass is 558 g/mol. The molecule has 1 saturated carbocycles. The average molecular weight is 559 g/mol. The minimum absolute atomic E-state index is 0.00263. The van der Waals surface area contributed by atoms with Gasteiger partial charge in [-0.15, -0.1) is 0 Å². The van der Waals surface area contributed by atoms with E-state index in [1.165, 1.54) is 4.90 Å². The maximum atomic E-state index is 13.8. The second-order valence-electron chi connectivity index (χ2n) is 11.5. The van der Waals surface area contributed by atoms with Crippen molar-refractivity contribution in [3.8, 4) is 5.75 Å². The van der Waals surface area contributed by atoms with Crippen molar-refractivity contribution in [2.75, 3.05) is 30.0 Å². The first kappa shape index (κ1) is 28.5. The molecule has 5 rings (SSSR count). The zero-order valence-corrected chi connectivity index (χ0v) is 23.9. The van der Waals surface area contributed by atoms with Crippen molar-refractivity contribution in [2.45, 2.75) is 65.2 Å². The molecule has 1 aliphatic carbocycles. The van der Waals surface area contributed by atoms with Crippen molar-refractivity contribution in [3.05, 3.63) is 64.2 Å². The first-order valence-electron chi connectivity index (χ1n) is 14.4. The van der Waals surface area contributed by atoms with Crippen molar-refractivity contribution in [1.29, 1.82) is 0 Å². The number of hydrazone groups is 1. The summed E-state index contributed by atoms with van der Waals surface area (Å²) in [7, 11) is 0. The van der Waals surface area contributed by atoms with E-state index in [2.05, 4.69) is 15.4 Å². The second kappa shape index (κ2) is 11.9. The van der Waals surface area contributed by atoms with Crippen LogP contribution in [0.4, 0.5) is 11.4 Å². The van der Waals surface area contributed by atoms with Crippen molar-refractivity contribution in [3.63, 3.8) is 0 Å². The van der Waals surface area contributed by atoms with E-state index >= 15 is 0 Å². The molecule has 1 saturated heterocycles. The van der Waals surface area contributed by atoms with Crippen LogP contribution in [0.5, 0.6) is 5.75 Å². The van der Waals surface area contributed by atoms with Crippen LogP contribution in [-0.2, 0) is 14.4 Å². The number of aromatic hydroxyl groups is 1. The predicted molar refractivity (Wildman–Crippen MR) is 158 cm³/mol. The Morgan fingerprint density at radius 1 is 1.00 bits per heavy atom. The molecule has 0 aromatic heterocycles. The largest absolute Gasteiger partial charge is 0.505 e. The van der Waals surface area contributed by atoms with Crippen molar-refractivity contribution in [2.24, 2.45) is 11.0 Å². The highest BCUT2D eigenvalue weighted by molar-refractivity contribution is 6.57. The highest BCUT2D eigenvalue weighted by atomic mass is 16.4. The number of carboxylic acid groups (broad SMARTS) is 1. The summed E-state index contributed by atoms with van der Waals surface area (Å²) in [6, 6.07) is 10.8. The Kier molecular flexibility index (Phi) is 8.26. The Balaban J connectivity index is 1.49. The van der Waals surface area contributed by atoms with Crippen LogP contribution in [0.1, 0.15) is 68.1 Å². The van der Waals surface area contributed by atoms with Gasteiger partial charge in [-0.3, -0.25) is 24.7 Å². The number of hydrogen-bond acceptors (Lipinski definition) is 7. The Morgan fingerprint density at radius 3 is 2.46 bits per heavy atom. The SMILES string of the molecule is CC1=C(CN2CCCC2)C(=O)N(c2ccc(C)c(C)c2)C(=O)/C1=N/Nc1cccc(C2CCCC(C(=O)O)C2)c1O. The third-order valence-electron chi connectivity index (χ3n) is 8.82. The number of amides is 2. The zero-order valence-electron chi connectivity index (χ0n) is 23.9. The lowest BCUT2D eigenvalue weighted by Gasteiger charge is -2.31. The molecular weight excluding hydrogens is 520 g/mol. The van der Waals surface area contributed by atoms with Gasteiger partial charge >= 0.3 is 5.97 Å². The number of benzene rings is 2. The summed E-state index contributed by atoms with van der Waals surface area (Å²) in [5.41, 5.74) is 7.59. The second-order valence-corrected chi connectivity index (χ2v) is 11.5. The minimum Gasteiger partial charge on any atom is -0.505 e. The number of rotatable bonds is 7. The number of imide groups is 1. The van der Waals surface area contributed by atoms with Gasteiger partial charge in [0.2, 0.25) is 0 Å². The van der Waals surface area contributed by atoms with Gasteiger partial charge in [-0.1, -0.05) is 24.6 Å². The number of aryl methyl sites for hydroxylation is 2. The number of phenols is 1. The van der Waals surface area contributed by atoms with Gasteiger partial charge in [0.25, 0.3) is 11.8 Å². The van der Waals surface area contributed by atoms with Crippen molar-refractivity contribution < 1.29 is 24.6 Å². The standard InChI is InChI=1S/C32H38N4O5/c1-19-12-13-24(16-20(19)2)36-30(38)26(18-35-14-4-5-15-35)21(3)28(31(36)39)34-33-27-11-7-10-25(29(27)37)22-8-6-9-23(17-22)32(40)41/h7,10-13,16,22-23,33,37H,4-6,8-9,14-15,17-18H2,1-3H3,(H,40,41)/b34-28+. The molecule has 216 valence electrons. The molecule has 2 fully saturated rings. The van der Waals surface area contributed by atoms with Crippen LogP contribution >= 0.6 is 0 Å². The molecule has 2 atom stereocenters. The Morgan fingerprint density at radius 2 is 1.76 bits per heavy atom. The van der Waals surface area contributed by atoms with E-state index in [9.17, 15) is 24.6 Å². The number of para-hydroxylation sites is 1. The number of carbonyl (C=O) groups is 3. The van der Waals surface area contributed by atoms with E-state index in [-0.39, 0.29) is 23.3 Å². The van der Waals surface area contributed by atoms with Crippen LogP contribution in [0.15, 0.2) is 52.6 Å². The molecule has 0 bridgehead atoms. The fourth-order valence-electron chi connectivity index (χ4n) is 6.17. The average Bonchev–Trinajstić information content (AvgIpc) is 3.47. The molecule has 0 spiro atoms. The fraction of sp³-hybridized carbons (Fsp3) is 0.438. The number of aliphatic carboxylic acids is 1. The lowest BCUT2D eigenvalue weighted by atomic mass is 9.77. The van der Waals surface area contributed by atoms with Gasteiger partial charge in [-0.05, 0) is 112 Å². The van der Waals surface area contributed by atoms with Gasteiger partial charge in [0.05, 0.1) is 17.3 Å². The number of hydrogen-bond donors (Lipinski definition) is 3. The molecule has 2 aliphatic heterocycles. The number of anilines is 2. The third-order valence-corrected chi connectivity index (χ3v) is 8.82. The first-order chi connectivity index (χ1) is 19.7. The summed E-state index contributed by atoms with van der Waals surface area (Å²) < 4.78 is 0. The van der Waals surface area contributed by atoms with E-state index < -0.39 is 17.8 Å². The van der Waals surface area contributed by atoms with Crippen LogP contribution in [-0.4, -0.2) is 58.2 Å². The summed E-state index contributed by atoms with van der Waals surface area (Å²) in [6.45, 7) is 7.92. The maximum absolute atomic E-state index is 13.8. The topological polar surface area (TPSA) is 123 Å². The Labute approximate surface area is 240 Å². The molecule has 0 radical (unpaired) electrons. The van der Waals surface area contributed by atoms with Gasteiger partial charge in [-0.25, -0.2) is 4.90 Å². The van der Waals surface area contributed by atoms with Gasteiger partial charge in [0.15, 0.2) is 5.71 Å². The van der Waals surface area contributed by atoms with E-state index in [4.69, 9.17) is 0 Å². The van der Waals surface area contributed by atoms with Crippen molar-refractivity contribution in [1.82, 2.24) is 4.90 Å². The lowest BCUT2D eigenvalue weighted by Crippen LogP contribution is -2.49. The summed E-state index contributed by atoms with van der Waals surface area (Å²) >= 11 is 0. The molecule has 3 N–H and O–H groups in total. The number of nitrogens with one attached hydrogen (secondary N) is 1. The smallest absolute Gasteiger partial charge is 0.306 e. The zero-order chi connectivity index (χ0) is 29.3. The molecule has 2 aromatic carbocycles. The van der Waals surface area contributed by atoms with E-state index in [0.29, 0.717) is 47.5 Å².